The fraction of sp³-hybridized carbons (Fsp3) is 0.951. The summed E-state index contributed by atoms with van der Waals surface area (Å²) in [6, 6.07) is 0. The van der Waals surface area contributed by atoms with Crippen LogP contribution in [0, 0.1) is 51.2 Å². The minimum Gasteiger partial charge on any atom is -0.389 e. The number of rotatable bonds is 8. The Morgan fingerprint density at radius 3 is 2.24 bits per heavy atom. The first-order valence-corrected chi connectivity index (χ1v) is 22.5. The van der Waals surface area contributed by atoms with E-state index in [0.717, 1.165) is 38.5 Å². The van der Waals surface area contributed by atoms with Crippen LogP contribution in [0.3, 0.4) is 0 Å². The SMILES string of the molecule is CC(C)=C[C@H]1CO[C@@]23C[C@@]4(CO2)[C@H](CC[C@H]2[C@]5(C)CC[C@@H](O[C@H]6OC[C@H](O)[C@@H](O[C@H]7O[C@@H](COS(=O)(=O)O)[C@H](O)[C@@H](O)[C@@H]7O)[C@@H]6O)C(C)(C)[C@H]5CC[C@]24C)[C@H]3[C@]1(C)O. The zero-order valence-electron chi connectivity index (χ0n) is 34.7. The lowest BCUT2D eigenvalue weighted by molar-refractivity contribution is -0.357. The molecule has 0 aromatic heterocycles. The van der Waals surface area contributed by atoms with Gasteiger partial charge in [-0.1, -0.05) is 39.3 Å². The Balaban J connectivity index is 0.973. The van der Waals surface area contributed by atoms with E-state index in [0.29, 0.717) is 31.5 Å². The third-order valence-electron chi connectivity index (χ3n) is 17.1. The molecule has 0 aromatic rings. The Kier molecular flexibility index (Phi) is 11.0. The summed E-state index contributed by atoms with van der Waals surface area (Å²) in [4.78, 5) is 0. The number of ether oxygens (including phenoxy) is 6. The van der Waals surface area contributed by atoms with E-state index in [9.17, 15) is 39.1 Å². The lowest BCUT2D eigenvalue weighted by Gasteiger charge is -2.70. The van der Waals surface area contributed by atoms with E-state index in [4.69, 9.17) is 33.0 Å². The van der Waals surface area contributed by atoms with Gasteiger partial charge in [-0.3, -0.25) is 4.55 Å². The molecule has 332 valence electrons. The Hall–Kier alpha value is -0.870. The highest BCUT2D eigenvalue weighted by Gasteiger charge is 2.81. The molecule has 8 fully saturated rings. The highest BCUT2D eigenvalue weighted by Crippen LogP contribution is 2.80. The predicted molar refractivity (Wildman–Crippen MR) is 203 cm³/mol. The summed E-state index contributed by atoms with van der Waals surface area (Å²) < 4.78 is 72.9. The molecule has 8 rings (SSSR count). The number of fused-ring (bicyclic) bond motifs is 4. The summed E-state index contributed by atoms with van der Waals surface area (Å²) in [5.74, 6) is -0.00618. The Labute approximate surface area is 341 Å². The maximum Gasteiger partial charge on any atom is 0.397 e. The summed E-state index contributed by atoms with van der Waals surface area (Å²) in [6.07, 6.45) is -6.20. The summed E-state index contributed by atoms with van der Waals surface area (Å²) in [5, 5.41) is 66.2. The van der Waals surface area contributed by atoms with Crippen LogP contribution in [0.25, 0.3) is 0 Å². The van der Waals surface area contributed by atoms with Gasteiger partial charge in [-0.15, -0.1) is 0 Å². The molecule has 16 nitrogen and oxygen atoms in total. The van der Waals surface area contributed by atoms with Gasteiger partial charge < -0.3 is 59.1 Å². The van der Waals surface area contributed by atoms with E-state index in [1.165, 1.54) is 5.57 Å². The zero-order chi connectivity index (χ0) is 42.2. The van der Waals surface area contributed by atoms with Gasteiger partial charge in [0.1, 0.15) is 42.7 Å². The zero-order valence-corrected chi connectivity index (χ0v) is 35.5. The van der Waals surface area contributed by atoms with Crippen LogP contribution in [0.2, 0.25) is 0 Å². The van der Waals surface area contributed by atoms with Crippen LogP contribution in [0.4, 0.5) is 0 Å². The van der Waals surface area contributed by atoms with Crippen molar-refractivity contribution in [1.29, 1.82) is 0 Å². The van der Waals surface area contributed by atoms with Gasteiger partial charge in [-0.05, 0) is 93.3 Å². The molecular formula is C41H66O16S. The molecule has 58 heavy (non-hydrogen) atoms. The minimum absolute atomic E-state index is 0.0308. The largest absolute Gasteiger partial charge is 0.397 e. The number of aliphatic hydroxyl groups excluding tert-OH is 5. The molecule has 4 heterocycles. The van der Waals surface area contributed by atoms with Crippen LogP contribution in [-0.4, -0.2) is 143 Å². The average molecular weight is 847 g/mol. The first-order chi connectivity index (χ1) is 26.9. The number of allylic oxidation sites excluding steroid dienone is 1. The van der Waals surface area contributed by atoms with Gasteiger partial charge in [0.15, 0.2) is 18.4 Å². The van der Waals surface area contributed by atoms with Crippen molar-refractivity contribution in [2.24, 2.45) is 51.2 Å². The minimum atomic E-state index is -4.92. The number of aliphatic hydroxyl groups is 6. The fourth-order valence-electron chi connectivity index (χ4n) is 14.4. The van der Waals surface area contributed by atoms with Crippen LogP contribution >= 0.6 is 0 Å². The van der Waals surface area contributed by atoms with Crippen molar-refractivity contribution in [3.8, 4) is 0 Å². The molecule has 8 aliphatic rings. The molecule has 4 aliphatic carbocycles. The topological polar surface area (TPSA) is 240 Å². The second kappa shape index (κ2) is 14.6. The first-order valence-electron chi connectivity index (χ1n) is 21.2. The monoisotopic (exact) mass is 846 g/mol. The first kappa shape index (κ1) is 43.8. The van der Waals surface area contributed by atoms with Crippen molar-refractivity contribution in [1.82, 2.24) is 0 Å². The van der Waals surface area contributed by atoms with Gasteiger partial charge >= 0.3 is 10.4 Å². The van der Waals surface area contributed by atoms with Crippen LogP contribution < -0.4 is 0 Å². The number of hydrogen-bond donors (Lipinski definition) is 7. The summed E-state index contributed by atoms with van der Waals surface area (Å²) >= 11 is 0. The summed E-state index contributed by atoms with van der Waals surface area (Å²) in [6.45, 7) is 15.4. The molecule has 4 aliphatic heterocycles. The van der Waals surface area contributed by atoms with E-state index in [-0.39, 0.29) is 52.1 Å². The van der Waals surface area contributed by atoms with Crippen molar-refractivity contribution in [3.63, 3.8) is 0 Å². The van der Waals surface area contributed by atoms with E-state index in [1.807, 2.05) is 6.92 Å². The second-order valence-electron chi connectivity index (χ2n) is 20.6. The van der Waals surface area contributed by atoms with Gasteiger partial charge in [0.25, 0.3) is 0 Å². The lowest BCUT2D eigenvalue weighted by atomic mass is 9.35. The van der Waals surface area contributed by atoms with E-state index < -0.39 is 83.7 Å². The van der Waals surface area contributed by atoms with E-state index >= 15 is 0 Å². The normalized spacial score (nSPS) is 54.8. The molecule has 0 radical (unpaired) electrons. The number of hydrogen-bond acceptors (Lipinski definition) is 15. The third-order valence-corrected chi connectivity index (χ3v) is 17.5. The Morgan fingerprint density at radius 1 is 0.828 bits per heavy atom. The predicted octanol–water partition coefficient (Wildman–Crippen LogP) is 1.83. The molecule has 0 aromatic carbocycles. The molecule has 17 heteroatoms. The molecule has 4 saturated heterocycles. The summed E-state index contributed by atoms with van der Waals surface area (Å²) in [5.41, 5.74) is -0.319. The molecule has 7 N–H and O–H groups in total. The Bertz CT molecular complexity index is 1700. The fourth-order valence-corrected chi connectivity index (χ4v) is 14.7. The van der Waals surface area contributed by atoms with Crippen molar-refractivity contribution in [2.75, 3.05) is 26.4 Å². The third kappa shape index (κ3) is 6.54. The van der Waals surface area contributed by atoms with Crippen molar-refractivity contribution in [3.05, 3.63) is 11.6 Å². The van der Waals surface area contributed by atoms with Gasteiger partial charge in [0.05, 0.1) is 38.1 Å². The molecule has 0 amide bonds. The molecule has 2 spiro atoms. The Morgan fingerprint density at radius 2 is 1.55 bits per heavy atom. The molecule has 4 saturated carbocycles. The van der Waals surface area contributed by atoms with Crippen LogP contribution in [-0.2, 0) is 43.0 Å². The van der Waals surface area contributed by atoms with Crippen LogP contribution in [0.5, 0.6) is 0 Å². The molecule has 0 unspecified atom stereocenters. The average Bonchev–Trinajstić information content (AvgIpc) is 3.66. The smallest absolute Gasteiger partial charge is 0.389 e. The van der Waals surface area contributed by atoms with Gasteiger partial charge in [-0.25, -0.2) is 4.18 Å². The van der Waals surface area contributed by atoms with E-state index in [1.54, 1.807) is 0 Å². The van der Waals surface area contributed by atoms with Crippen LogP contribution in [0.15, 0.2) is 11.6 Å². The van der Waals surface area contributed by atoms with Crippen molar-refractivity contribution in [2.45, 2.75) is 166 Å². The summed E-state index contributed by atoms with van der Waals surface area (Å²) in [7, 11) is -4.92. The van der Waals surface area contributed by atoms with Gasteiger partial charge in [0.2, 0.25) is 0 Å². The van der Waals surface area contributed by atoms with Crippen LogP contribution in [0.1, 0.15) is 93.4 Å². The molecule has 2 bridgehead atoms. The maximum absolute atomic E-state index is 12.3. The van der Waals surface area contributed by atoms with Gasteiger partial charge in [0, 0.05) is 23.7 Å². The molecule has 20 atom stereocenters. The standard InChI is InChI=1S/C41H66O16S/c1-20(2)14-21-15-52-41-18-40(19-53-41)22(33(41)39(21,7)47)8-9-26-37(5)12-11-27(36(3,4)25(37)10-13-38(26,40)6)56-34-31(46)32(23(42)16-51-34)57-35-30(45)29(44)28(43)24(55-35)17-54-58(48,49)50/h14,21-35,42-47H,8-13,15-19H2,1-7H3,(H,48,49,50)/t21-,22+,23-,24-,25+,26-,27+,28-,29+,30-,31-,32+,33-,34+,35+,37+,38+,39+,40+,41-/m0/s1. The highest BCUT2D eigenvalue weighted by atomic mass is 32.3. The highest BCUT2D eigenvalue weighted by molar-refractivity contribution is 7.80. The molecular weight excluding hydrogens is 781 g/mol. The van der Waals surface area contributed by atoms with E-state index in [2.05, 4.69) is 51.8 Å². The maximum atomic E-state index is 12.3. The quantitative estimate of drug-likeness (QED) is 0.105. The second-order valence-corrected chi connectivity index (χ2v) is 21.7. The van der Waals surface area contributed by atoms with Crippen molar-refractivity contribution < 1.29 is 76.2 Å². The van der Waals surface area contributed by atoms with Gasteiger partial charge in [-0.2, -0.15) is 8.42 Å². The lowest BCUT2D eigenvalue weighted by Crippen LogP contribution is -2.68. The van der Waals surface area contributed by atoms with Crippen molar-refractivity contribution >= 4 is 10.4 Å².